The summed E-state index contributed by atoms with van der Waals surface area (Å²) < 4.78 is 18.7. The van der Waals surface area contributed by atoms with Crippen molar-refractivity contribution in [1.82, 2.24) is 10.2 Å². The van der Waals surface area contributed by atoms with Gasteiger partial charge in [-0.1, -0.05) is 30.0 Å². The Balaban J connectivity index is 1.95. The summed E-state index contributed by atoms with van der Waals surface area (Å²) in [5, 5.41) is 8.21. The molecule has 1 aromatic carbocycles. The van der Waals surface area contributed by atoms with E-state index in [1.807, 2.05) is 0 Å². The van der Waals surface area contributed by atoms with Gasteiger partial charge in [0, 0.05) is 5.75 Å². The molecule has 0 aliphatic heterocycles. The molecule has 0 fully saturated rings. The number of quaternary nitrogens is 1. The van der Waals surface area contributed by atoms with E-state index in [0.717, 1.165) is 6.54 Å². The van der Waals surface area contributed by atoms with Gasteiger partial charge in [0.05, 0.1) is 13.0 Å². The number of hydrogen-bond acceptors (Lipinski definition) is 4. The lowest BCUT2D eigenvalue weighted by atomic mass is 10.2. The van der Waals surface area contributed by atoms with Crippen LogP contribution in [0.5, 0.6) is 0 Å². The van der Waals surface area contributed by atoms with Gasteiger partial charge in [-0.15, -0.1) is 10.2 Å². The Labute approximate surface area is 102 Å². The molecule has 0 atom stereocenters. The summed E-state index contributed by atoms with van der Waals surface area (Å²) in [4.78, 5) is 0. The average molecular weight is 254 g/mol. The summed E-state index contributed by atoms with van der Waals surface area (Å²) in [6.07, 6.45) is 0.674. The normalized spacial score (nSPS) is 10.7. The molecule has 90 valence electrons. The minimum Gasteiger partial charge on any atom is -0.416 e. The van der Waals surface area contributed by atoms with E-state index in [-0.39, 0.29) is 5.82 Å². The van der Waals surface area contributed by atoms with Gasteiger partial charge in [0.25, 0.3) is 5.22 Å². The second kappa shape index (κ2) is 5.79. The largest absolute Gasteiger partial charge is 0.416 e. The van der Waals surface area contributed by atoms with Crippen LogP contribution < -0.4 is 5.73 Å². The fourth-order valence-electron chi connectivity index (χ4n) is 1.30. The van der Waals surface area contributed by atoms with Crippen LogP contribution in [0.4, 0.5) is 4.39 Å². The minimum absolute atomic E-state index is 0.211. The molecule has 2 aromatic rings. The van der Waals surface area contributed by atoms with Gasteiger partial charge in [-0.05, 0) is 11.6 Å². The maximum absolute atomic E-state index is 13.3. The molecule has 17 heavy (non-hydrogen) atoms. The van der Waals surface area contributed by atoms with Crippen LogP contribution in [0.15, 0.2) is 33.9 Å². The van der Waals surface area contributed by atoms with Crippen LogP contribution in [-0.2, 0) is 12.2 Å². The van der Waals surface area contributed by atoms with Crippen molar-refractivity contribution in [3.05, 3.63) is 41.5 Å². The maximum Gasteiger partial charge on any atom is 0.276 e. The monoisotopic (exact) mass is 254 g/mol. The van der Waals surface area contributed by atoms with Crippen molar-refractivity contribution >= 4 is 11.8 Å². The van der Waals surface area contributed by atoms with E-state index in [0.29, 0.717) is 28.9 Å². The molecule has 0 radical (unpaired) electrons. The van der Waals surface area contributed by atoms with Crippen molar-refractivity contribution in [1.29, 1.82) is 0 Å². The van der Waals surface area contributed by atoms with E-state index in [2.05, 4.69) is 15.9 Å². The first-order valence-electron chi connectivity index (χ1n) is 5.27. The van der Waals surface area contributed by atoms with E-state index in [4.69, 9.17) is 4.42 Å². The Hall–Kier alpha value is -1.40. The zero-order valence-electron chi connectivity index (χ0n) is 9.23. The third-order valence-corrected chi connectivity index (χ3v) is 3.02. The predicted octanol–water partition coefficient (Wildman–Crippen LogP) is 1.29. The van der Waals surface area contributed by atoms with E-state index >= 15 is 0 Å². The van der Waals surface area contributed by atoms with E-state index in [1.165, 1.54) is 17.8 Å². The van der Waals surface area contributed by atoms with Crippen LogP contribution >= 0.6 is 11.8 Å². The van der Waals surface area contributed by atoms with Gasteiger partial charge in [-0.3, -0.25) is 0 Å². The Morgan fingerprint density at radius 2 is 2.12 bits per heavy atom. The molecule has 0 spiro atoms. The first-order valence-corrected chi connectivity index (χ1v) is 6.26. The lowest BCUT2D eigenvalue weighted by Gasteiger charge is -1.99. The number of aromatic nitrogens is 2. The number of rotatable bonds is 5. The summed E-state index contributed by atoms with van der Waals surface area (Å²) in [6.45, 7) is 0.722. The minimum atomic E-state index is -0.211. The molecule has 0 aliphatic rings. The van der Waals surface area contributed by atoms with Crippen LogP contribution in [0.25, 0.3) is 0 Å². The molecular weight excluding hydrogens is 241 g/mol. The highest BCUT2D eigenvalue weighted by atomic mass is 32.2. The molecule has 0 unspecified atom stereocenters. The number of thioether (sulfide) groups is 1. The van der Waals surface area contributed by atoms with Crippen LogP contribution in [0.2, 0.25) is 0 Å². The second-order valence-electron chi connectivity index (χ2n) is 3.45. The van der Waals surface area contributed by atoms with Crippen LogP contribution in [0.3, 0.4) is 0 Å². The highest BCUT2D eigenvalue weighted by Crippen LogP contribution is 2.22. The zero-order chi connectivity index (χ0) is 12.1. The van der Waals surface area contributed by atoms with Crippen molar-refractivity contribution in [3.8, 4) is 0 Å². The van der Waals surface area contributed by atoms with Crippen molar-refractivity contribution in [2.24, 2.45) is 0 Å². The third-order valence-electron chi connectivity index (χ3n) is 2.15. The highest BCUT2D eigenvalue weighted by molar-refractivity contribution is 7.98. The van der Waals surface area contributed by atoms with E-state index < -0.39 is 0 Å². The molecule has 3 N–H and O–H groups in total. The van der Waals surface area contributed by atoms with Crippen molar-refractivity contribution < 1.29 is 14.5 Å². The molecule has 4 nitrogen and oxygen atoms in total. The topological polar surface area (TPSA) is 66.6 Å². The number of nitrogens with zero attached hydrogens (tertiary/aromatic N) is 2. The summed E-state index contributed by atoms with van der Waals surface area (Å²) in [6, 6.07) is 6.66. The fraction of sp³-hybridized carbons (Fsp3) is 0.273. The number of hydrogen-bond donors (Lipinski definition) is 1. The van der Waals surface area contributed by atoms with Gasteiger partial charge in [-0.2, -0.15) is 0 Å². The van der Waals surface area contributed by atoms with Gasteiger partial charge in [0.15, 0.2) is 0 Å². The van der Waals surface area contributed by atoms with Crippen LogP contribution in [0.1, 0.15) is 11.5 Å². The molecule has 6 heteroatoms. The molecular formula is C11H13FN3OS+. The molecule has 0 aliphatic carbocycles. The molecule has 0 amide bonds. The Kier molecular flexibility index (Phi) is 4.11. The Morgan fingerprint density at radius 1 is 1.29 bits per heavy atom. The molecule has 0 saturated heterocycles. The van der Waals surface area contributed by atoms with Gasteiger partial charge >= 0.3 is 0 Å². The summed E-state index contributed by atoms with van der Waals surface area (Å²) in [7, 11) is 0. The zero-order valence-corrected chi connectivity index (χ0v) is 10.0. The number of halogens is 1. The summed E-state index contributed by atoms with van der Waals surface area (Å²) in [5.41, 5.74) is 4.34. The first-order chi connectivity index (χ1) is 8.29. The predicted molar refractivity (Wildman–Crippen MR) is 61.7 cm³/mol. The van der Waals surface area contributed by atoms with E-state index in [1.54, 1.807) is 18.2 Å². The molecule has 0 bridgehead atoms. The Morgan fingerprint density at radius 3 is 2.88 bits per heavy atom. The lowest BCUT2D eigenvalue weighted by molar-refractivity contribution is -0.367. The average Bonchev–Trinajstić information content (AvgIpc) is 2.76. The van der Waals surface area contributed by atoms with Crippen LogP contribution in [0, 0.1) is 5.82 Å². The fourth-order valence-corrected chi connectivity index (χ4v) is 2.07. The van der Waals surface area contributed by atoms with Gasteiger partial charge < -0.3 is 10.2 Å². The van der Waals surface area contributed by atoms with Crippen molar-refractivity contribution in [3.63, 3.8) is 0 Å². The van der Waals surface area contributed by atoms with Crippen molar-refractivity contribution in [2.45, 2.75) is 17.4 Å². The van der Waals surface area contributed by atoms with Gasteiger partial charge in [0.1, 0.15) is 5.82 Å². The molecule has 1 heterocycles. The molecule has 0 saturated carbocycles. The highest BCUT2D eigenvalue weighted by Gasteiger charge is 2.08. The standard InChI is InChI=1S/C11H12FN3OS/c12-9-4-2-1-3-8(9)7-17-11-15-14-10(16-11)5-6-13/h1-4H,5-7,13H2/p+1. The van der Waals surface area contributed by atoms with E-state index in [9.17, 15) is 4.39 Å². The van der Waals surface area contributed by atoms with Gasteiger partial charge in [0.2, 0.25) is 5.89 Å². The maximum atomic E-state index is 13.3. The van der Waals surface area contributed by atoms with Gasteiger partial charge in [-0.25, -0.2) is 4.39 Å². The third kappa shape index (κ3) is 3.28. The Bertz CT molecular complexity index is 489. The van der Waals surface area contributed by atoms with Crippen molar-refractivity contribution in [2.75, 3.05) is 6.54 Å². The smallest absolute Gasteiger partial charge is 0.276 e. The molecule has 1 aromatic heterocycles. The quantitative estimate of drug-likeness (QED) is 0.816. The van der Waals surface area contributed by atoms with Crippen LogP contribution in [-0.4, -0.2) is 16.7 Å². The second-order valence-corrected chi connectivity index (χ2v) is 4.37. The lowest BCUT2D eigenvalue weighted by Crippen LogP contribution is -2.51. The number of benzene rings is 1. The molecule has 2 rings (SSSR count). The SMILES string of the molecule is [NH3+]CCc1nnc(SCc2ccccc2F)o1. The summed E-state index contributed by atoms with van der Waals surface area (Å²) in [5.74, 6) is 0.854. The summed E-state index contributed by atoms with van der Waals surface area (Å²) >= 11 is 1.33. The first kappa shape index (κ1) is 12.1.